The van der Waals surface area contributed by atoms with Crippen LogP contribution in [-0.4, -0.2) is 61.0 Å². The fraction of sp³-hybridized carbons (Fsp3) is 0.304. The van der Waals surface area contributed by atoms with Gasteiger partial charge in [-0.1, -0.05) is 12.1 Å². The van der Waals surface area contributed by atoms with E-state index >= 15 is 0 Å². The van der Waals surface area contributed by atoms with Gasteiger partial charge >= 0.3 is 0 Å². The molecule has 3 aromatic rings. The average molecular weight is 456 g/mol. The van der Waals surface area contributed by atoms with Crippen LogP contribution in [0.3, 0.4) is 0 Å². The normalized spacial score (nSPS) is 10.6. The number of fused-ring (bicyclic) bond motifs is 1. The molecular weight excluding hydrogens is 430 g/mol. The maximum Gasteiger partial charge on any atom is 0.251 e. The quantitative estimate of drug-likeness (QED) is 0.367. The summed E-state index contributed by atoms with van der Waals surface area (Å²) in [5.74, 6) is 1.71. The third kappa shape index (κ3) is 5.28. The number of nitrogens with zero attached hydrogens (tertiary/aromatic N) is 2. The van der Waals surface area contributed by atoms with Gasteiger partial charge in [0, 0.05) is 17.9 Å². The first-order chi connectivity index (χ1) is 15.5. The molecule has 1 N–H and O–H groups in total. The van der Waals surface area contributed by atoms with Crippen LogP contribution in [0.5, 0.6) is 17.2 Å². The Hall–Kier alpha value is -3.33. The van der Waals surface area contributed by atoms with Crippen molar-refractivity contribution in [3.05, 3.63) is 53.3 Å². The Kier molecular flexibility index (Phi) is 7.88. The summed E-state index contributed by atoms with van der Waals surface area (Å²) in [5.41, 5.74) is 2.86. The summed E-state index contributed by atoms with van der Waals surface area (Å²) in [6.45, 7) is 2.19. The molecule has 0 fully saturated rings. The zero-order valence-corrected chi connectivity index (χ0v) is 19.2. The zero-order valence-electron chi connectivity index (χ0n) is 18.4. The Bertz CT molecular complexity index is 1110. The van der Waals surface area contributed by atoms with Crippen LogP contribution in [0.1, 0.15) is 26.5 Å². The first-order valence-corrected chi connectivity index (χ1v) is 11.1. The number of ether oxygens (including phenoxy) is 3. The predicted octanol–water partition coefficient (Wildman–Crippen LogP) is 3.31. The minimum atomic E-state index is -0.271. The third-order valence-electron chi connectivity index (χ3n) is 4.70. The second-order valence-corrected chi connectivity index (χ2v) is 7.90. The lowest BCUT2D eigenvalue weighted by molar-refractivity contribution is 0.0954. The molecule has 32 heavy (non-hydrogen) atoms. The molecule has 0 unspecified atom stereocenters. The van der Waals surface area contributed by atoms with Crippen LogP contribution in [0.4, 0.5) is 0 Å². The van der Waals surface area contributed by atoms with Gasteiger partial charge in [-0.15, -0.1) is 0 Å². The molecular formula is C23H25N3O5S. The maximum absolute atomic E-state index is 12.6. The number of thioether (sulfide) groups is 1. The number of carbonyl (C=O) groups is 2. The molecule has 0 bridgehead atoms. The van der Waals surface area contributed by atoms with Gasteiger partial charge < -0.3 is 19.5 Å². The summed E-state index contributed by atoms with van der Waals surface area (Å²) in [5, 5.41) is 2.84. The highest BCUT2D eigenvalue weighted by atomic mass is 32.2. The van der Waals surface area contributed by atoms with Crippen LogP contribution in [0.15, 0.2) is 36.4 Å². The summed E-state index contributed by atoms with van der Waals surface area (Å²) in [7, 11) is 4.49. The summed E-state index contributed by atoms with van der Waals surface area (Å²) in [6, 6.07) is 10.6. The van der Waals surface area contributed by atoms with E-state index in [1.54, 1.807) is 19.1 Å². The van der Waals surface area contributed by atoms with Gasteiger partial charge in [-0.3, -0.25) is 9.59 Å². The standard InChI is InChI=1S/C23H25N3O5S/c1-14-21(26-17-8-6-5-7-16(17)25-14)18(27)13-32-10-9-24-23(28)15-11-19(29-2)22(31-4)20(12-15)30-3/h5-8,11-12H,9-10,13H2,1-4H3,(H,24,28). The van der Waals surface area contributed by atoms with Crippen LogP contribution >= 0.6 is 11.8 Å². The minimum Gasteiger partial charge on any atom is -0.493 e. The molecule has 0 aliphatic carbocycles. The Labute approximate surface area is 190 Å². The van der Waals surface area contributed by atoms with Gasteiger partial charge in [0.25, 0.3) is 5.91 Å². The van der Waals surface area contributed by atoms with E-state index < -0.39 is 0 Å². The summed E-state index contributed by atoms with van der Waals surface area (Å²) < 4.78 is 15.8. The minimum absolute atomic E-state index is 0.0818. The topological polar surface area (TPSA) is 99.6 Å². The lowest BCUT2D eigenvalue weighted by Crippen LogP contribution is -2.26. The second kappa shape index (κ2) is 10.8. The van der Waals surface area contributed by atoms with Gasteiger partial charge in [-0.25, -0.2) is 9.97 Å². The Morgan fingerprint density at radius 3 is 2.19 bits per heavy atom. The third-order valence-corrected chi connectivity index (χ3v) is 5.66. The number of nitrogens with one attached hydrogen (secondary N) is 1. The summed E-state index contributed by atoms with van der Waals surface area (Å²) in [6.07, 6.45) is 0. The second-order valence-electron chi connectivity index (χ2n) is 6.79. The first kappa shape index (κ1) is 23.3. The van der Waals surface area contributed by atoms with Crippen molar-refractivity contribution in [3.8, 4) is 17.2 Å². The largest absolute Gasteiger partial charge is 0.493 e. The van der Waals surface area contributed by atoms with Crippen LogP contribution in [0.2, 0.25) is 0 Å². The molecule has 9 heteroatoms. The molecule has 1 amide bonds. The van der Waals surface area contributed by atoms with Gasteiger partial charge in [0.05, 0.1) is 43.8 Å². The lowest BCUT2D eigenvalue weighted by Gasteiger charge is -2.14. The summed E-state index contributed by atoms with van der Waals surface area (Å²) in [4.78, 5) is 34.0. The van der Waals surface area contributed by atoms with Gasteiger partial charge in [0.2, 0.25) is 5.75 Å². The van der Waals surface area contributed by atoms with Crippen LogP contribution < -0.4 is 19.5 Å². The van der Waals surface area contributed by atoms with Crippen molar-refractivity contribution in [1.29, 1.82) is 0 Å². The SMILES string of the molecule is COc1cc(C(=O)NCCSCC(=O)c2nc3ccccc3nc2C)cc(OC)c1OC. The molecule has 0 spiro atoms. The molecule has 8 nitrogen and oxygen atoms in total. The van der Waals surface area contributed by atoms with E-state index in [1.165, 1.54) is 33.1 Å². The molecule has 0 saturated carbocycles. The van der Waals surface area contributed by atoms with E-state index in [-0.39, 0.29) is 17.4 Å². The zero-order chi connectivity index (χ0) is 23.1. The smallest absolute Gasteiger partial charge is 0.251 e. The molecule has 2 aromatic carbocycles. The maximum atomic E-state index is 12.6. The van der Waals surface area contributed by atoms with Crippen molar-refractivity contribution in [2.75, 3.05) is 39.4 Å². The van der Waals surface area contributed by atoms with Crippen molar-refractivity contribution in [1.82, 2.24) is 15.3 Å². The van der Waals surface area contributed by atoms with E-state index in [9.17, 15) is 9.59 Å². The van der Waals surface area contributed by atoms with Gasteiger partial charge in [0.15, 0.2) is 17.3 Å². The number of para-hydroxylation sites is 2. The number of hydrogen-bond acceptors (Lipinski definition) is 8. The number of carbonyl (C=O) groups excluding carboxylic acids is 2. The molecule has 168 valence electrons. The van der Waals surface area contributed by atoms with Crippen molar-refractivity contribution in [3.63, 3.8) is 0 Å². The van der Waals surface area contributed by atoms with E-state index in [1.807, 2.05) is 24.3 Å². The number of benzene rings is 2. The molecule has 1 heterocycles. The van der Waals surface area contributed by atoms with Crippen LogP contribution in [0.25, 0.3) is 11.0 Å². The van der Waals surface area contributed by atoms with Crippen molar-refractivity contribution in [2.24, 2.45) is 0 Å². The predicted molar refractivity (Wildman–Crippen MR) is 124 cm³/mol. The van der Waals surface area contributed by atoms with Crippen molar-refractivity contribution >= 4 is 34.5 Å². The van der Waals surface area contributed by atoms with Crippen molar-refractivity contribution in [2.45, 2.75) is 6.92 Å². The lowest BCUT2D eigenvalue weighted by atomic mass is 10.1. The Morgan fingerprint density at radius 1 is 0.969 bits per heavy atom. The monoisotopic (exact) mass is 455 g/mol. The van der Waals surface area contributed by atoms with E-state index in [4.69, 9.17) is 14.2 Å². The Balaban J connectivity index is 1.53. The number of Topliss-reactive ketones (excluding diaryl/α,β-unsaturated/α-hetero) is 1. The van der Waals surface area contributed by atoms with Crippen LogP contribution in [-0.2, 0) is 0 Å². The number of methoxy groups -OCH3 is 3. The molecule has 0 radical (unpaired) electrons. The highest BCUT2D eigenvalue weighted by Gasteiger charge is 2.17. The van der Waals surface area contributed by atoms with Crippen molar-refractivity contribution < 1.29 is 23.8 Å². The highest BCUT2D eigenvalue weighted by Crippen LogP contribution is 2.38. The fourth-order valence-electron chi connectivity index (χ4n) is 3.14. The number of ketones is 1. The van der Waals surface area contributed by atoms with E-state index in [2.05, 4.69) is 15.3 Å². The number of hydrogen-bond donors (Lipinski definition) is 1. The average Bonchev–Trinajstić information content (AvgIpc) is 2.81. The van der Waals surface area contributed by atoms with E-state index in [0.717, 1.165) is 5.52 Å². The highest BCUT2D eigenvalue weighted by molar-refractivity contribution is 8.00. The van der Waals surface area contributed by atoms with Gasteiger partial charge in [0.1, 0.15) is 5.69 Å². The molecule has 0 saturated heterocycles. The number of aryl methyl sites for hydroxylation is 1. The summed E-state index contributed by atoms with van der Waals surface area (Å²) >= 11 is 1.43. The number of rotatable bonds is 10. The van der Waals surface area contributed by atoms with Gasteiger partial charge in [-0.05, 0) is 31.2 Å². The number of amides is 1. The van der Waals surface area contributed by atoms with Crippen LogP contribution in [0, 0.1) is 6.92 Å². The molecule has 0 aliphatic heterocycles. The Morgan fingerprint density at radius 2 is 1.59 bits per heavy atom. The molecule has 0 atom stereocenters. The van der Waals surface area contributed by atoms with Gasteiger partial charge in [-0.2, -0.15) is 11.8 Å². The first-order valence-electron chi connectivity index (χ1n) is 9.91. The van der Waals surface area contributed by atoms with E-state index in [0.29, 0.717) is 52.0 Å². The molecule has 3 rings (SSSR count). The fourth-order valence-corrected chi connectivity index (χ4v) is 3.85. The number of aromatic nitrogens is 2. The molecule has 0 aliphatic rings. The molecule has 1 aromatic heterocycles.